The van der Waals surface area contributed by atoms with Crippen molar-refractivity contribution in [2.75, 3.05) is 0 Å². The first-order valence-corrected chi connectivity index (χ1v) is 6.43. The van der Waals surface area contributed by atoms with Crippen molar-refractivity contribution in [3.05, 3.63) is 41.7 Å². The van der Waals surface area contributed by atoms with Gasteiger partial charge >= 0.3 is 0 Å². The molecule has 0 radical (unpaired) electrons. The number of hydrogen-bond donors (Lipinski definition) is 1. The molecule has 2 rings (SSSR count). The number of carbonyl (C=O) groups excluding carboxylic acids is 1. The largest absolute Gasteiger partial charge is 0.321 e. The Bertz CT molecular complexity index is 573. The zero-order chi connectivity index (χ0) is 13.7. The fraction of sp³-hybridized carbons (Fsp3) is 0.267. The van der Waals surface area contributed by atoms with Gasteiger partial charge in [0.25, 0.3) is 0 Å². The first kappa shape index (κ1) is 13.2. The molecule has 19 heavy (non-hydrogen) atoms. The number of rotatable bonds is 6. The number of benzene rings is 1. The Hall–Kier alpha value is -2.23. The second-order valence-electron chi connectivity index (χ2n) is 4.34. The van der Waals surface area contributed by atoms with Crippen molar-refractivity contribution in [3.8, 4) is 11.4 Å². The molecule has 98 valence electrons. The number of imidazole rings is 1. The van der Waals surface area contributed by atoms with E-state index in [0.717, 1.165) is 43.3 Å². The quantitative estimate of drug-likeness (QED) is 0.636. The molecule has 0 amide bonds. The van der Waals surface area contributed by atoms with Gasteiger partial charge < -0.3 is 9.98 Å². The van der Waals surface area contributed by atoms with E-state index < -0.39 is 0 Å². The molecule has 0 bridgehead atoms. The molecule has 0 spiro atoms. The lowest BCUT2D eigenvalue weighted by Crippen LogP contribution is -2.05. The van der Waals surface area contributed by atoms with Crippen molar-refractivity contribution in [2.24, 2.45) is 0 Å². The summed E-state index contributed by atoms with van der Waals surface area (Å²) >= 11 is 0. The number of nitrogens with zero attached hydrogens (tertiary/aromatic N) is 2. The van der Waals surface area contributed by atoms with E-state index >= 15 is 0 Å². The average molecular weight is 255 g/mol. The summed E-state index contributed by atoms with van der Waals surface area (Å²) in [5, 5.41) is 7.38. The third-order valence-electron chi connectivity index (χ3n) is 3.05. The van der Waals surface area contributed by atoms with Crippen LogP contribution in [-0.4, -0.2) is 22.1 Å². The second-order valence-corrected chi connectivity index (χ2v) is 4.34. The lowest BCUT2D eigenvalue weighted by molar-refractivity contribution is 0.111. The summed E-state index contributed by atoms with van der Waals surface area (Å²) in [6, 6.07) is 9.76. The minimum Gasteiger partial charge on any atom is -0.321 e. The lowest BCUT2D eigenvalue weighted by Gasteiger charge is -2.08. The van der Waals surface area contributed by atoms with Crippen LogP contribution in [0.25, 0.3) is 11.4 Å². The molecular formula is C15H17N3O. The Balaban J connectivity index is 2.55. The zero-order valence-electron chi connectivity index (χ0n) is 11.0. The molecule has 2 aromatic rings. The van der Waals surface area contributed by atoms with Gasteiger partial charge in [-0.1, -0.05) is 43.7 Å². The van der Waals surface area contributed by atoms with E-state index in [2.05, 4.69) is 11.9 Å². The van der Waals surface area contributed by atoms with Crippen molar-refractivity contribution in [1.82, 2.24) is 9.55 Å². The van der Waals surface area contributed by atoms with E-state index in [1.54, 1.807) is 0 Å². The van der Waals surface area contributed by atoms with Crippen LogP contribution < -0.4 is 0 Å². The summed E-state index contributed by atoms with van der Waals surface area (Å²) in [4.78, 5) is 15.7. The molecular weight excluding hydrogens is 238 g/mol. The van der Waals surface area contributed by atoms with Crippen LogP contribution in [0.15, 0.2) is 30.3 Å². The van der Waals surface area contributed by atoms with Gasteiger partial charge in [-0.05, 0) is 6.42 Å². The van der Waals surface area contributed by atoms with Crippen LogP contribution >= 0.6 is 0 Å². The summed E-state index contributed by atoms with van der Waals surface area (Å²) in [6.07, 6.45) is 3.95. The Kier molecular flexibility index (Phi) is 4.23. The van der Waals surface area contributed by atoms with Crippen LogP contribution in [0.2, 0.25) is 0 Å². The van der Waals surface area contributed by atoms with E-state index in [1.807, 2.05) is 34.9 Å². The molecule has 4 heteroatoms. The molecule has 1 N–H and O–H groups in total. The highest BCUT2D eigenvalue weighted by Crippen LogP contribution is 2.21. The van der Waals surface area contributed by atoms with Gasteiger partial charge in [-0.3, -0.25) is 4.79 Å². The molecule has 0 unspecified atom stereocenters. The summed E-state index contributed by atoms with van der Waals surface area (Å²) in [5.74, 6) is 0.759. The topological polar surface area (TPSA) is 58.7 Å². The molecule has 4 nitrogen and oxygen atoms in total. The van der Waals surface area contributed by atoms with Crippen LogP contribution in [-0.2, 0) is 6.54 Å². The molecule has 1 heterocycles. The average Bonchev–Trinajstić information content (AvgIpc) is 2.83. The number of hydrogen-bond acceptors (Lipinski definition) is 3. The standard InChI is InChI=1S/C15H17N3O/c1-2-3-9-18-14(11-19)13(10-16)17-15(18)12-7-5-4-6-8-12/h4-8,10-11,16H,2-3,9H2,1H3. The van der Waals surface area contributed by atoms with Gasteiger partial charge in [0.2, 0.25) is 0 Å². The van der Waals surface area contributed by atoms with E-state index in [-0.39, 0.29) is 0 Å². The highest BCUT2D eigenvalue weighted by molar-refractivity contribution is 5.89. The fourth-order valence-electron chi connectivity index (χ4n) is 2.06. The number of unbranched alkanes of at least 4 members (excludes halogenated alkanes) is 1. The Morgan fingerprint density at radius 3 is 2.63 bits per heavy atom. The van der Waals surface area contributed by atoms with Gasteiger partial charge in [0.15, 0.2) is 6.29 Å². The minimum atomic E-state index is 0.435. The predicted octanol–water partition coefficient (Wildman–Crippen LogP) is 3.16. The molecule has 0 atom stereocenters. The van der Waals surface area contributed by atoms with Crippen molar-refractivity contribution in [1.29, 1.82) is 5.41 Å². The van der Waals surface area contributed by atoms with Crippen LogP contribution in [0.5, 0.6) is 0 Å². The summed E-state index contributed by atoms with van der Waals surface area (Å²) in [5.41, 5.74) is 1.89. The molecule has 0 aliphatic rings. The van der Waals surface area contributed by atoms with Crippen molar-refractivity contribution >= 4 is 12.5 Å². The van der Waals surface area contributed by atoms with Crippen molar-refractivity contribution in [2.45, 2.75) is 26.3 Å². The molecule has 1 aromatic carbocycles. The van der Waals surface area contributed by atoms with Crippen LogP contribution in [0.4, 0.5) is 0 Å². The van der Waals surface area contributed by atoms with E-state index in [9.17, 15) is 4.79 Å². The molecule has 0 aliphatic heterocycles. The van der Waals surface area contributed by atoms with E-state index in [4.69, 9.17) is 5.41 Å². The number of nitrogens with one attached hydrogen (secondary N) is 1. The Morgan fingerprint density at radius 2 is 2.05 bits per heavy atom. The van der Waals surface area contributed by atoms with Crippen LogP contribution in [0.3, 0.4) is 0 Å². The van der Waals surface area contributed by atoms with Crippen molar-refractivity contribution in [3.63, 3.8) is 0 Å². The maximum absolute atomic E-state index is 11.3. The molecule has 0 fully saturated rings. The molecule has 0 aliphatic carbocycles. The first-order chi connectivity index (χ1) is 9.31. The van der Waals surface area contributed by atoms with Crippen molar-refractivity contribution < 1.29 is 4.79 Å². The number of aldehydes is 1. The van der Waals surface area contributed by atoms with E-state index in [1.165, 1.54) is 0 Å². The van der Waals surface area contributed by atoms with Gasteiger partial charge in [0.05, 0.1) is 0 Å². The molecule has 1 aromatic heterocycles. The Morgan fingerprint density at radius 1 is 1.32 bits per heavy atom. The lowest BCUT2D eigenvalue weighted by atomic mass is 10.2. The SMILES string of the molecule is CCCCn1c(-c2ccccc2)nc(C=N)c1C=O. The van der Waals surface area contributed by atoms with Crippen LogP contribution in [0, 0.1) is 5.41 Å². The van der Waals surface area contributed by atoms with Gasteiger partial charge in [-0.15, -0.1) is 0 Å². The summed E-state index contributed by atoms with van der Waals surface area (Å²) in [6.45, 7) is 2.85. The highest BCUT2D eigenvalue weighted by Gasteiger charge is 2.15. The van der Waals surface area contributed by atoms with Gasteiger partial charge in [0.1, 0.15) is 17.2 Å². The summed E-state index contributed by atoms with van der Waals surface area (Å²) in [7, 11) is 0. The smallest absolute Gasteiger partial charge is 0.168 e. The minimum absolute atomic E-state index is 0.435. The Labute approximate surface area is 112 Å². The van der Waals surface area contributed by atoms with Crippen LogP contribution in [0.1, 0.15) is 35.9 Å². The monoisotopic (exact) mass is 255 g/mol. The maximum Gasteiger partial charge on any atom is 0.168 e. The molecule has 0 saturated heterocycles. The first-order valence-electron chi connectivity index (χ1n) is 6.43. The highest BCUT2D eigenvalue weighted by atomic mass is 16.1. The third-order valence-corrected chi connectivity index (χ3v) is 3.05. The van der Waals surface area contributed by atoms with Gasteiger partial charge in [-0.25, -0.2) is 4.98 Å². The normalized spacial score (nSPS) is 10.4. The maximum atomic E-state index is 11.3. The summed E-state index contributed by atoms with van der Waals surface area (Å²) < 4.78 is 1.91. The fourth-order valence-corrected chi connectivity index (χ4v) is 2.06. The third kappa shape index (κ3) is 2.62. The number of carbonyl (C=O) groups is 1. The predicted molar refractivity (Wildman–Crippen MR) is 75.8 cm³/mol. The molecule has 0 saturated carbocycles. The van der Waals surface area contributed by atoms with Gasteiger partial charge in [-0.2, -0.15) is 0 Å². The second kappa shape index (κ2) is 6.09. The number of aromatic nitrogens is 2. The van der Waals surface area contributed by atoms with E-state index in [0.29, 0.717) is 11.4 Å². The zero-order valence-corrected chi connectivity index (χ0v) is 11.0. The van der Waals surface area contributed by atoms with Gasteiger partial charge in [0, 0.05) is 18.3 Å².